The second-order valence-electron chi connectivity index (χ2n) is 5.07. The van der Waals surface area contributed by atoms with Gasteiger partial charge in [0.05, 0.1) is 6.10 Å². The van der Waals surface area contributed by atoms with E-state index in [0.29, 0.717) is 6.10 Å². The van der Waals surface area contributed by atoms with Gasteiger partial charge in [0.15, 0.2) is 0 Å². The van der Waals surface area contributed by atoms with Gasteiger partial charge >= 0.3 is 0 Å². The van der Waals surface area contributed by atoms with Gasteiger partial charge < -0.3 is 15.0 Å². The van der Waals surface area contributed by atoms with Gasteiger partial charge in [-0.1, -0.05) is 0 Å². The van der Waals surface area contributed by atoms with Gasteiger partial charge in [-0.25, -0.2) is 0 Å². The molecule has 0 spiro atoms. The van der Waals surface area contributed by atoms with E-state index < -0.39 is 0 Å². The number of hydrogen-bond donors (Lipinski definition) is 1. The van der Waals surface area contributed by atoms with E-state index in [1.165, 1.54) is 45.3 Å². The topological polar surface area (TPSA) is 24.5 Å². The predicted molar refractivity (Wildman–Crippen MR) is 62.1 cm³/mol. The highest BCUT2D eigenvalue weighted by molar-refractivity contribution is 4.74. The molecule has 3 nitrogen and oxygen atoms in total. The molecule has 1 N–H and O–H groups in total. The zero-order valence-corrected chi connectivity index (χ0v) is 9.87. The van der Waals surface area contributed by atoms with Crippen molar-refractivity contribution in [2.75, 3.05) is 39.8 Å². The van der Waals surface area contributed by atoms with Crippen LogP contribution in [0, 0.1) is 5.92 Å². The molecule has 88 valence electrons. The van der Waals surface area contributed by atoms with Crippen LogP contribution in [-0.4, -0.2) is 50.8 Å². The minimum Gasteiger partial charge on any atom is -0.377 e. The van der Waals surface area contributed by atoms with Crippen molar-refractivity contribution in [3.63, 3.8) is 0 Å². The molecule has 2 atom stereocenters. The van der Waals surface area contributed by atoms with Crippen molar-refractivity contribution in [3.8, 4) is 0 Å². The maximum atomic E-state index is 5.66. The second kappa shape index (κ2) is 5.83. The molecular weight excluding hydrogens is 188 g/mol. The maximum Gasteiger partial charge on any atom is 0.0702 e. The number of nitrogens with zero attached hydrogens (tertiary/aromatic N) is 1. The lowest BCUT2D eigenvalue weighted by atomic mass is 9.99. The Morgan fingerprint density at radius 1 is 1.27 bits per heavy atom. The normalized spacial score (nSPS) is 32.4. The monoisotopic (exact) mass is 212 g/mol. The number of nitrogens with one attached hydrogen (secondary N) is 1. The van der Waals surface area contributed by atoms with Crippen molar-refractivity contribution in [3.05, 3.63) is 0 Å². The lowest BCUT2D eigenvalue weighted by Crippen LogP contribution is -2.39. The molecule has 2 aliphatic rings. The standard InChI is InChI=1S/C12H24N2O/c1-14(10-12-5-3-7-15-12)9-11-4-2-6-13-8-11/h11-13H,2-10H2,1H3/t11?,12-/m0/s1. The molecule has 2 heterocycles. The zero-order chi connectivity index (χ0) is 10.5. The average molecular weight is 212 g/mol. The second-order valence-corrected chi connectivity index (χ2v) is 5.07. The Labute approximate surface area is 93.2 Å². The van der Waals surface area contributed by atoms with E-state index in [1.54, 1.807) is 0 Å². The summed E-state index contributed by atoms with van der Waals surface area (Å²) in [5, 5.41) is 3.48. The highest BCUT2D eigenvalue weighted by Crippen LogP contribution is 2.15. The summed E-state index contributed by atoms with van der Waals surface area (Å²) < 4.78 is 5.66. The molecule has 0 aromatic rings. The first kappa shape index (κ1) is 11.4. The van der Waals surface area contributed by atoms with Gasteiger partial charge in [-0.3, -0.25) is 0 Å². The van der Waals surface area contributed by atoms with Crippen molar-refractivity contribution in [2.24, 2.45) is 5.92 Å². The lowest BCUT2D eigenvalue weighted by Gasteiger charge is -2.28. The summed E-state index contributed by atoms with van der Waals surface area (Å²) in [4.78, 5) is 2.45. The van der Waals surface area contributed by atoms with Crippen LogP contribution in [-0.2, 0) is 4.74 Å². The van der Waals surface area contributed by atoms with Crippen LogP contribution in [0.15, 0.2) is 0 Å². The Kier molecular flexibility index (Phi) is 4.42. The van der Waals surface area contributed by atoms with Gasteiger partial charge in [0.2, 0.25) is 0 Å². The molecule has 2 aliphatic heterocycles. The van der Waals surface area contributed by atoms with Crippen LogP contribution in [0.1, 0.15) is 25.7 Å². The molecule has 2 saturated heterocycles. The van der Waals surface area contributed by atoms with Crippen molar-refractivity contribution in [2.45, 2.75) is 31.8 Å². The van der Waals surface area contributed by atoms with Crippen molar-refractivity contribution in [1.82, 2.24) is 10.2 Å². The summed E-state index contributed by atoms with van der Waals surface area (Å²) in [6.45, 7) is 5.74. The van der Waals surface area contributed by atoms with E-state index in [2.05, 4.69) is 17.3 Å². The van der Waals surface area contributed by atoms with Crippen LogP contribution in [0.4, 0.5) is 0 Å². The summed E-state index contributed by atoms with van der Waals surface area (Å²) in [5.74, 6) is 0.852. The van der Waals surface area contributed by atoms with Crippen LogP contribution in [0.25, 0.3) is 0 Å². The average Bonchev–Trinajstić information content (AvgIpc) is 2.71. The fourth-order valence-electron chi connectivity index (χ4n) is 2.73. The molecule has 1 unspecified atom stereocenters. The van der Waals surface area contributed by atoms with Crippen LogP contribution in [0.2, 0.25) is 0 Å². The van der Waals surface area contributed by atoms with Gasteiger partial charge in [-0.2, -0.15) is 0 Å². The fourth-order valence-corrected chi connectivity index (χ4v) is 2.73. The third kappa shape index (κ3) is 3.74. The molecule has 0 aromatic heterocycles. The molecule has 3 heteroatoms. The van der Waals surface area contributed by atoms with E-state index in [1.807, 2.05) is 0 Å². The third-order valence-corrected chi connectivity index (χ3v) is 3.51. The fraction of sp³-hybridized carbons (Fsp3) is 1.00. The number of hydrogen-bond acceptors (Lipinski definition) is 3. The number of piperidine rings is 1. The molecule has 0 amide bonds. The van der Waals surface area contributed by atoms with E-state index in [-0.39, 0.29) is 0 Å². The van der Waals surface area contributed by atoms with Gasteiger partial charge in [-0.15, -0.1) is 0 Å². The molecule has 2 fully saturated rings. The first-order valence-electron chi connectivity index (χ1n) is 6.35. The van der Waals surface area contributed by atoms with Crippen LogP contribution in [0.5, 0.6) is 0 Å². The van der Waals surface area contributed by atoms with E-state index in [9.17, 15) is 0 Å². The zero-order valence-electron chi connectivity index (χ0n) is 9.87. The van der Waals surface area contributed by atoms with Gasteiger partial charge in [0.1, 0.15) is 0 Å². The molecule has 0 aliphatic carbocycles. The van der Waals surface area contributed by atoms with Crippen LogP contribution >= 0.6 is 0 Å². The quantitative estimate of drug-likeness (QED) is 0.755. The maximum absolute atomic E-state index is 5.66. The van der Waals surface area contributed by atoms with Crippen molar-refractivity contribution in [1.29, 1.82) is 0 Å². The smallest absolute Gasteiger partial charge is 0.0702 e. The number of rotatable bonds is 4. The van der Waals surface area contributed by atoms with Gasteiger partial charge in [0.25, 0.3) is 0 Å². The Bertz CT molecular complexity index is 174. The Balaban J connectivity index is 1.64. The third-order valence-electron chi connectivity index (χ3n) is 3.51. The minimum absolute atomic E-state index is 0.506. The molecule has 2 rings (SSSR count). The summed E-state index contributed by atoms with van der Waals surface area (Å²) in [6, 6.07) is 0. The molecule has 0 radical (unpaired) electrons. The summed E-state index contributed by atoms with van der Waals surface area (Å²) in [7, 11) is 2.23. The molecule has 15 heavy (non-hydrogen) atoms. The van der Waals surface area contributed by atoms with Crippen LogP contribution in [0.3, 0.4) is 0 Å². The molecule has 0 saturated carbocycles. The Hall–Kier alpha value is -0.120. The largest absolute Gasteiger partial charge is 0.377 e. The van der Waals surface area contributed by atoms with E-state index >= 15 is 0 Å². The van der Waals surface area contributed by atoms with Crippen molar-refractivity contribution < 1.29 is 4.74 Å². The minimum atomic E-state index is 0.506. The Morgan fingerprint density at radius 2 is 2.20 bits per heavy atom. The molecule has 0 bridgehead atoms. The first-order valence-corrected chi connectivity index (χ1v) is 6.35. The highest BCUT2D eigenvalue weighted by atomic mass is 16.5. The lowest BCUT2D eigenvalue weighted by molar-refractivity contribution is 0.0751. The summed E-state index contributed by atoms with van der Waals surface area (Å²) in [6.07, 6.45) is 5.75. The Morgan fingerprint density at radius 3 is 2.87 bits per heavy atom. The molecule has 0 aromatic carbocycles. The SMILES string of the molecule is CN(CC1CCCNC1)C[C@@H]1CCCO1. The van der Waals surface area contributed by atoms with Crippen molar-refractivity contribution >= 4 is 0 Å². The molecular formula is C12H24N2O. The van der Waals surface area contributed by atoms with E-state index in [0.717, 1.165) is 19.1 Å². The van der Waals surface area contributed by atoms with E-state index in [4.69, 9.17) is 4.74 Å². The van der Waals surface area contributed by atoms with Gasteiger partial charge in [-0.05, 0) is 51.7 Å². The predicted octanol–water partition coefficient (Wildman–Crippen LogP) is 1.10. The van der Waals surface area contributed by atoms with Crippen LogP contribution < -0.4 is 5.32 Å². The van der Waals surface area contributed by atoms with Gasteiger partial charge in [0, 0.05) is 19.7 Å². The number of likely N-dealkylation sites (N-methyl/N-ethyl adjacent to an activating group) is 1. The summed E-state index contributed by atoms with van der Waals surface area (Å²) in [5.41, 5.74) is 0. The summed E-state index contributed by atoms with van der Waals surface area (Å²) >= 11 is 0. The highest BCUT2D eigenvalue weighted by Gasteiger charge is 2.20. The first-order chi connectivity index (χ1) is 7.34. The number of ether oxygens (including phenoxy) is 1.